The summed E-state index contributed by atoms with van der Waals surface area (Å²) in [5, 5.41) is 3.01. The van der Waals surface area contributed by atoms with Crippen molar-refractivity contribution in [3.8, 4) is 11.5 Å². The molecule has 2 aromatic rings. The summed E-state index contributed by atoms with van der Waals surface area (Å²) in [5.74, 6) is 1.08. The fourth-order valence-electron chi connectivity index (χ4n) is 3.75. The Hall–Kier alpha value is -2.64. The van der Waals surface area contributed by atoms with E-state index in [0.717, 1.165) is 31.6 Å². The second-order valence-corrected chi connectivity index (χ2v) is 7.87. The SMILES string of the molecule is CCOc1cc(C(=O)NCCCN2CC(C)OC(C)C2)ccc1OCc1ccncc1. The third kappa shape index (κ3) is 7.22. The Bertz CT molecular complexity index is 821. The third-order valence-electron chi connectivity index (χ3n) is 5.08. The van der Waals surface area contributed by atoms with Crippen LogP contribution in [0, 0.1) is 0 Å². The van der Waals surface area contributed by atoms with Crippen molar-refractivity contribution in [3.05, 3.63) is 53.9 Å². The van der Waals surface area contributed by atoms with Gasteiger partial charge >= 0.3 is 0 Å². The van der Waals surface area contributed by atoms with E-state index in [1.807, 2.05) is 19.1 Å². The van der Waals surface area contributed by atoms with Gasteiger partial charge in [0.25, 0.3) is 5.91 Å². The molecule has 2 unspecified atom stereocenters. The van der Waals surface area contributed by atoms with Gasteiger partial charge in [0.15, 0.2) is 11.5 Å². The highest BCUT2D eigenvalue weighted by Crippen LogP contribution is 2.29. The number of nitrogens with zero attached hydrogens (tertiary/aromatic N) is 2. The van der Waals surface area contributed by atoms with E-state index in [2.05, 4.69) is 29.0 Å². The van der Waals surface area contributed by atoms with Crippen molar-refractivity contribution in [2.75, 3.05) is 32.8 Å². The fourth-order valence-corrected chi connectivity index (χ4v) is 3.75. The quantitative estimate of drug-likeness (QED) is 0.587. The molecule has 1 aromatic heterocycles. The van der Waals surface area contributed by atoms with E-state index in [0.29, 0.717) is 36.8 Å². The van der Waals surface area contributed by atoms with Gasteiger partial charge in [0, 0.05) is 44.1 Å². The molecule has 0 spiro atoms. The van der Waals surface area contributed by atoms with E-state index in [1.54, 1.807) is 30.6 Å². The van der Waals surface area contributed by atoms with Crippen LogP contribution in [0.2, 0.25) is 0 Å². The van der Waals surface area contributed by atoms with Crippen molar-refractivity contribution < 1.29 is 19.0 Å². The van der Waals surface area contributed by atoms with Crippen molar-refractivity contribution in [2.24, 2.45) is 0 Å². The van der Waals surface area contributed by atoms with Gasteiger partial charge < -0.3 is 19.5 Å². The molecule has 1 N–H and O–H groups in total. The largest absolute Gasteiger partial charge is 0.490 e. The zero-order valence-corrected chi connectivity index (χ0v) is 18.7. The van der Waals surface area contributed by atoms with E-state index in [-0.39, 0.29) is 18.1 Å². The van der Waals surface area contributed by atoms with Crippen molar-refractivity contribution in [1.82, 2.24) is 15.2 Å². The van der Waals surface area contributed by atoms with E-state index >= 15 is 0 Å². The molecule has 2 heterocycles. The Labute approximate surface area is 184 Å². The number of amides is 1. The number of ether oxygens (including phenoxy) is 3. The van der Waals surface area contributed by atoms with Crippen LogP contribution in [0.5, 0.6) is 11.5 Å². The van der Waals surface area contributed by atoms with E-state index in [4.69, 9.17) is 14.2 Å². The molecule has 31 heavy (non-hydrogen) atoms. The van der Waals surface area contributed by atoms with Crippen LogP contribution < -0.4 is 14.8 Å². The van der Waals surface area contributed by atoms with Crippen molar-refractivity contribution in [1.29, 1.82) is 0 Å². The predicted octanol–water partition coefficient (Wildman–Crippen LogP) is 3.29. The predicted molar refractivity (Wildman–Crippen MR) is 120 cm³/mol. The van der Waals surface area contributed by atoms with Gasteiger partial charge in [-0.2, -0.15) is 0 Å². The highest BCUT2D eigenvalue weighted by molar-refractivity contribution is 5.94. The van der Waals surface area contributed by atoms with Gasteiger partial charge in [-0.25, -0.2) is 0 Å². The van der Waals surface area contributed by atoms with Gasteiger partial charge in [-0.3, -0.25) is 14.7 Å². The molecule has 7 heteroatoms. The number of benzene rings is 1. The molecule has 7 nitrogen and oxygen atoms in total. The maximum Gasteiger partial charge on any atom is 0.251 e. The molecule has 0 bridgehead atoms. The van der Waals surface area contributed by atoms with Gasteiger partial charge in [0.05, 0.1) is 18.8 Å². The molecule has 1 fully saturated rings. The number of carbonyl (C=O) groups is 1. The number of carbonyl (C=O) groups excluding carboxylic acids is 1. The lowest BCUT2D eigenvalue weighted by molar-refractivity contribution is -0.0679. The third-order valence-corrected chi connectivity index (χ3v) is 5.08. The highest BCUT2D eigenvalue weighted by Gasteiger charge is 2.21. The highest BCUT2D eigenvalue weighted by atomic mass is 16.5. The summed E-state index contributed by atoms with van der Waals surface area (Å²) >= 11 is 0. The summed E-state index contributed by atoms with van der Waals surface area (Å²) in [5.41, 5.74) is 1.58. The number of hydrogen-bond donors (Lipinski definition) is 1. The minimum atomic E-state index is -0.106. The first kappa shape index (κ1) is 23.0. The van der Waals surface area contributed by atoms with Gasteiger partial charge in [-0.1, -0.05) is 0 Å². The number of rotatable bonds is 10. The van der Waals surface area contributed by atoms with E-state index < -0.39 is 0 Å². The zero-order valence-electron chi connectivity index (χ0n) is 18.7. The molecule has 1 aliphatic heterocycles. The number of nitrogens with one attached hydrogen (secondary N) is 1. The Kier molecular flexibility index (Phi) is 8.67. The number of pyridine rings is 1. The van der Waals surface area contributed by atoms with E-state index in [1.165, 1.54) is 0 Å². The molecule has 0 aliphatic carbocycles. The molecule has 2 atom stereocenters. The first-order valence-electron chi connectivity index (χ1n) is 11.0. The van der Waals surface area contributed by atoms with Crippen LogP contribution in [0.3, 0.4) is 0 Å². The fraction of sp³-hybridized carbons (Fsp3) is 0.500. The summed E-state index contributed by atoms with van der Waals surface area (Å²) in [4.78, 5) is 19.0. The van der Waals surface area contributed by atoms with Crippen LogP contribution >= 0.6 is 0 Å². The van der Waals surface area contributed by atoms with Crippen molar-refractivity contribution in [2.45, 2.75) is 46.0 Å². The van der Waals surface area contributed by atoms with Crippen molar-refractivity contribution >= 4 is 5.91 Å². The number of hydrogen-bond acceptors (Lipinski definition) is 6. The lowest BCUT2D eigenvalue weighted by Gasteiger charge is -2.35. The van der Waals surface area contributed by atoms with Gasteiger partial charge in [0.1, 0.15) is 6.61 Å². The zero-order chi connectivity index (χ0) is 22.1. The van der Waals surface area contributed by atoms with Crippen LogP contribution in [-0.4, -0.2) is 60.8 Å². The minimum absolute atomic E-state index is 0.106. The summed E-state index contributed by atoms with van der Waals surface area (Å²) in [7, 11) is 0. The average molecular weight is 428 g/mol. The molecule has 1 aliphatic rings. The Balaban J connectivity index is 1.50. The van der Waals surface area contributed by atoms with Crippen LogP contribution in [-0.2, 0) is 11.3 Å². The lowest BCUT2D eigenvalue weighted by atomic mass is 10.2. The molecule has 3 rings (SSSR count). The Morgan fingerprint density at radius 2 is 1.87 bits per heavy atom. The molecule has 0 radical (unpaired) electrons. The first-order valence-corrected chi connectivity index (χ1v) is 11.0. The summed E-state index contributed by atoms with van der Waals surface area (Å²) in [6.07, 6.45) is 4.88. The van der Waals surface area contributed by atoms with Gasteiger partial charge in [0.2, 0.25) is 0 Å². The summed E-state index contributed by atoms with van der Waals surface area (Å²) in [6.45, 7) is 10.5. The topological polar surface area (TPSA) is 72.9 Å². The van der Waals surface area contributed by atoms with Gasteiger partial charge in [-0.15, -0.1) is 0 Å². The molecule has 0 saturated carbocycles. The van der Waals surface area contributed by atoms with Crippen LogP contribution in [0.1, 0.15) is 43.1 Å². The molecular formula is C24H33N3O4. The molecule has 168 valence electrons. The van der Waals surface area contributed by atoms with Crippen molar-refractivity contribution in [3.63, 3.8) is 0 Å². The lowest BCUT2D eigenvalue weighted by Crippen LogP contribution is -2.46. The Morgan fingerprint density at radius 1 is 1.13 bits per heavy atom. The standard InChI is InChI=1S/C24H33N3O4/c1-4-29-23-14-21(6-7-22(23)30-17-20-8-11-25-12-9-20)24(28)26-10-5-13-27-15-18(2)31-19(3)16-27/h6-9,11-12,14,18-19H,4-5,10,13,15-17H2,1-3H3,(H,26,28). The summed E-state index contributed by atoms with van der Waals surface area (Å²) < 4.78 is 17.4. The van der Waals surface area contributed by atoms with Gasteiger partial charge in [-0.05, 0) is 63.1 Å². The second kappa shape index (κ2) is 11.7. The molecule has 1 saturated heterocycles. The van der Waals surface area contributed by atoms with Crippen LogP contribution in [0.25, 0.3) is 0 Å². The maximum atomic E-state index is 12.6. The Morgan fingerprint density at radius 3 is 2.58 bits per heavy atom. The maximum absolute atomic E-state index is 12.6. The number of morpholine rings is 1. The van der Waals surface area contributed by atoms with Crippen LogP contribution in [0.15, 0.2) is 42.7 Å². The molecule has 1 amide bonds. The summed E-state index contributed by atoms with van der Waals surface area (Å²) in [6, 6.07) is 9.11. The normalized spacial score (nSPS) is 19.1. The van der Waals surface area contributed by atoms with E-state index in [9.17, 15) is 4.79 Å². The monoisotopic (exact) mass is 427 g/mol. The van der Waals surface area contributed by atoms with Crippen LogP contribution in [0.4, 0.5) is 0 Å². The molecule has 1 aromatic carbocycles. The smallest absolute Gasteiger partial charge is 0.251 e. The first-order chi connectivity index (χ1) is 15.0. The number of aromatic nitrogens is 1. The minimum Gasteiger partial charge on any atom is -0.490 e. The second-order valence-electron chi connectivity index (χ2n) is 7.87. The molecular weight excluding hydrogens is 394 g/mol. The average Bonchev–Trinajstić information content (AvgIpc) is 2.76.